The zero-order valence-corrected chi connectivity index (χ0v) is 17.5. The topological polar surface area (TPSA) is 82.0 Å². The lowest BCUT2D eigenvalue weighted by atomic mass is 9.72. The van der Waals surface area contributed by atoms with E-state index in [1.807, 2.05) is 36.5 Å². The van der Waals surface area contributed by atoms with Crippen LogP contribution in [0, 0.1) is 0 Å². The van der Waals surface area contributed by atoms with Gasteiger partial charge in [0, 0.05) is 40.8 Å². The summed E-state index contributed by atoms with van der Waals surface area (Å²) in [4.78, 5) is 13.8. The van der Waals surface area contributed by atoms with E-state index in [0.29, 0.717) is 11.6 Å². The molecule has 0 atom stereocenters. The number of rotatable bonds is 4. The molecule has 1 aliphatic rings. The van der Waals surface area contributed by atoms with E-state index in [4.69, 9.17) is 10.7 Å². The second-order valence-electron chi connectivity index (χ2n) is 8.38. The molecule has 0 aliphatic heterocycles. The highest BCUT2D eigenvalue weighted by Crippen LogP contribution is 2.39. The van der Waals surface area contributed by atoms with Crippen molar-refractivity contribution in [3.05, 3.63) is 90.9 Å². The Labute approximate surface area is 185 Å². The molecule has 32 heavy (non-hydrogen) atoms. The van der Waals surface area contributed by atoms with Crippen molar-refractivity contribution in [3.8, 4) is 33.8 Å². The Morgan fingerprint density at radius 1 is 0.812 bits per heavy atom. The van der Waals surface area contributed by atoms with E-state index in [1.165, 1.54) is 12.0 Å². The van der Waals surface area contributed by atoms with E-state index in [2.05, 4.69) is 51.5 Å². The Bertz CT molecular complexity index is 1390. The van der Waals surface area contributed by atoms with Gasteiger partial charge in [0.05, 0.1) is 5.69 Å². The maximum absolute atomic E-state index is 6.52. The summed E-state index contributed by atoms with van der Waals surface area (Å²) in [6, 6.07) is 22.6. The molecule has 6 nitrogen and oxygen atoms in total. The molecule has 0 saturated heterocycles. The molecule has 6 rings (SSSR count). The van der Waals surface area contributed by atoms with Crippen molar-refractivity contribution in [1.82, 2.24) is 24.6 Å². The zero-order chi connectivity index (χ0) is 21.5. The lowest BCUT2D eigenvalue weighted by molar-refractivity contribution is 0.253. The van der Waals surface area contributed by atoms with Crippen molar-refractivity contribution in [2.75, 3.05) is 0 Å². The van der Waals surface area contributed by atoms with Gasteiger partial charge in [0.1, 0.15) is 0 Å². The molecule has 156 valence electrons. The summed E-state index contributed by atoms with van der Waals surface area (Å²) in [5.41, 5.74) is 12.4. The van der Waals surface area contributed by atoms with Gasteiger partial charge in [-0.15, -0.1) is 5.10 Å². The quantitative estimate of drug-likeness (QED) is 0.451. The standard InChI is InChI=1S/C26H22N6/c27-26(13-5-14-26)21-11-9-19(10-12-21)23-22(18-6-2-1-3-7-18)17-32-25(29-23)30-24(31-32)20-8-4-15-28-16-20/h1-4,6-12,15-17H,5,13-14,27H2. The minimum Gasteiger partial charge on any atom is -0.321 e. The molecule has 0 amide bonds. The molecule has 1 aliphatic carbocycles. The molecule has 0 spiro atoms. The molecular weight excluding hydrogens is 396 g/mol. The van der Waals surface area contributed by atoms with Crippen molar-refractivity contribution in [3.63, 3.8) is 0 Å². The van der Waals surface area contributed by atoms with Crippen LogP contribution in [-0.2, 0) is 5.54 Å². The van der Waals surface area contributed by atoms with E-state index >= 15 is 0 Å². The predicted octanol–water partition coefficient (Wildman–Crippen LogP) is 4.86. The second-order valence-corrected chi connectivity index (χ2v) is 8.38. The van der Waals surface area contributed by atoms with Crippen molar-refractivity contribution in [2.24, 2.45) is 5.73 Å². The smallest absolute Gasteiger partial charge is 0.253 e. The number of hydrogen-bond donors (Lipinski definition) is 1. The second kappa shape index (κ2) is 7.35. The molecular formula is C26H22N6. The first-order valence-electron chi connectivity index (χ1n) is 10.8. The number of hydrogen-bond acceptors (Lipinski definition) is 5. The Morgan fingerprint density at radius 2 is 1.59 bits per heavy atom. The van der Waals surface area contributed by atoms with Crippen LogP contribution in [0.15, 0.2) is 85.3 Å². The van der Waals surface area contributed by atoms with Gasteiger partial charge in [-0.25, -0.2) is 9.50 Å². The van der Waals surface area contributed by atoms with Crippen LogP contribution in [0.2, 0.25) is 0 Å². The highest BCUT2D eigenvalue weighted by Gasteiger charge is 2.34. The summed E-state index contributed by atoms with van der Waals surface area (Å²) >= 11 is 0. The number of fused-ring (bicyclic) bond motifs is 1. The van der Waals surface area contributed by atoms with Gasteiger partial charge >= 0.3 is 0 Å². The van der Waals surface area contributed by atoms with Gasteiger partial charge < -0.3 is 5.73 Å². The number of pyridine rings is 1. The van der Waals surface area contributed by atoms with E-state index < -0.39 is 0 Å². The van der Waals surface area contributed by atoms with Crippen LogP contribution >= 0.6 is 0 Å². The fourth-order valence-corrected chi connectivity index (χ4v) is 4.29. The lowest BCUT2D eigenvalue weighted by Crippen LogP contribution is -2.43. The van der Waals surface area contributed by atoms with Crippen molar-refractivity contribution in [1.29, 1.82) is 0 Å². The average molecular weight is 419 g/mol. The summed E-state index contributed by atoms with van der Waals surface area (Å²) in [6.07, 6.45) is 8.79. The first-order valence-corrected chi connectivity index (χ1v) is 10.8. The summed E-state index contributed by atoms with van der Waals surface area (Å²) in [5, 5.41) is 4.66. The molecule has 3 heterocycles. The fourth-order valence-electron chi connectivity index (χ4n) is 4.29. The normalized spacial score (nSPS) is 14.9. The van der Waals surface area contributed by atoms with Gasteiger partial charge in [-0.05, 0) is 42.5 Å². The molecule has 5 aromatic rings. The third kappa shape index (κ3) is 3.16. The summed E-state index contributed by atoms with van der Waals surface area (Å²) in [5.74, 6) is 1.16. The summed E-state index contributed by atoms with van der Waals surface area (Å²) in [6.45, 7) is 0. The molecule has 6 heteroatoms. The van der Waals surface area contributed by atoms with Gasteiger partial charge in [0.15, 0.2) is 5.82 Å². The van der Waals surface area contributed by atoms with Gasteiger partial charge in [0.2, 0.25) is 0 Å². The van der Waals surface area contributed by atoms with E-state index in [-0.39, 0.29) is 5.54 Å². The van der Waals surface area contributed by atoms with E-state index in [1.54, 1.807) is 16.9 Å². The van der Waals surface area contributed by atoms with Crippen LogP contribution in [0.4, 0.5) is 0 Å². The molecule has 1 saturated carbocycles. The van der Waals surface area contributed by atoms with Crippen LogP contribution in [0.5, 0.6) is 0 Å². The van der Waals surface area contributed by atoms with Crippen LogP contribution in [0.25, 0.3) is 39.5 Å². The fraction of sp³-hybridized carbons (Fsp3) is 0.154. The van der Waals surface area contributed by atoms with E-state index in [9.17, 15) is 0 Å². The van der Waals surface area contributed by atoms with Gasteiger partial charge in [-0.3, -0.25) is 4.98 Å². The molecule has 2 aromatic carbocycles. The minimum absolute atomic E-state index is 0.177. The van der Waals surface area contributed by atoms with Crippen LogP contribution < -0.4 is 5.73 Å². The predicted molar refractivity (Wildman–Crippen MR) is 125 cm³/mol. The molecule has 3 aromatic heterocycles. The number of benzene rings is 2. The molecule has 0 bridgehead atoms. The number of nitrogens with two attached hydrogens (primary N) is 1. The SMILES string of the molecule is NC1(c2ccc(-c3nc4nc(-c5cccnc5)nn4cc3-c3ccccc3)cc2)CCC1. The van der Waals surface area contributed by atoms with E-state index in [0.717, 1.165) is 40.8 Å². The highest BCUT2D eigenvalue weighted by atomic mass is 15.3. The first-order chi connectivity index (χ1) is 15.7. The van der Waals surface area contributed by atoms with Crippen LogP contribution in [0.3, 0.4) is 0 Å². The maximum Gasteiger partial charge on any atom is 0.253 e. The molecule has 0 unspecified atom stereocenters. The zero-order valence-electron chi connectivity index (χ0n) is 17.5. The third-order valence-corrected chi connectivity index (χ3v) is 6.32. The third-order valence-electron chi connectivity index (χ3n) is 6.32. The summed E-state index contributed by atoms with van der Waals surface area (Å²) < 4.78 is 1.74. The van der Waals surface area contributed by atoms with Gasteiger partial charge in [-0.2, -0.15) is 4.98 Å². The Morgan fingerprint density at radius 3 is 2.28 bits per heavy atom. The Kier molecular flexibility index (Phi) is 4.33. The van der Waals surface area contributed by atoms with Gasteiger partial charge in [0.25, 0.3) is 5.78 Å². The molecule has 0 radical (unpaired) electrons. The van der Waals surface area contributed by atoms with Crippen molar-refractivity contribution >= 4 is 5.78 Å². The molecule has 1 fully saturated rings. The van der Waals surface area contributed by atoms with Crippen molar-refractivity contribution < 1.29 is 0 Å². The monoisotopic (exact) mass is 418 g/mol. The number of aromatic nitrogens is 5. The van der Waals surface area contributed by atoms with Crippen LogP contribution in [-0.4, -0.2) is 24.6 Å². The van der Waals surface area contributed by atoms with Crippen LogP contribution in [0.1, 0.15) is 24.8 Å². The van der Waals surface area contributed by atoms with Gasteiger partial charge in [-0.1, -0.05) is 54.6 Å². The average Bonchev–Trinajstić information content (AvgIpc) is 3.26. The largest absolute Gasteiger partial charge is 0.321 e. The first kappa shape index (κ1) is 18.8. The van der Waals surface area contributed by atoms with Crippen molar-refractivity contribution in [2.45, 2.75) is 24.8 Å². The highest BCUT2D eigenvalue weighted by molar-refractivity contribution is 5.81. The number of nitrogens with zero attached hydrogens (tertiary/aromatic N) is 5. The lowest BCUT2D eigenvalue weighted by Gasteiger charge is -2.38. The summed E-state index contributed by atoms with van der Waals surface area (Å²) in [7, 11) is 0. The minimum atomic E-state index is -0.177. The Balaban J connectivity index is 1.50. The molecule has 2 N–H and O–H groups in total. The Hall–Kier alpha value is -3.90. The maximum atomic E-state index is 6.52.